The highest BCUT2D eigenvalue weighted by atomic mass is 32.1. The van der Waals surface area contributed by atoms with E-state index in [1.807, 2.05) is 0 Å². The van der Waals surface area contributed by atoms with Gasteiger partial charge in [-0.05, 0) is 45.0 Å². The summed E-state index contributed by atoms with van der Waals surface area (Å²) in [6.45, 7) is 1.30. The minimum atomic E-state index is 0.868. The maximum absolute atomic E-state index is 4.20. The van der Waals surface area contributed by atoms with Gasteiger partial charge in [-0.15, -0.1) is 0 Å². The van der Waals surface area contributed by atoms with Gasteiger partial charge >= 0.3 is 0 Å². The molecule has 0 radical (unpaired) electrons. The van der Waals surface area contributed by atoms with Crippen LogP contribution in [0.15, 0.2) is 0 Å². The minimum absolute atomic E-state index is 0.868. The van der Waals surface area contributed by atoms with Gasteiger partial charge in [-0.2, -0.15) is 12.6 Å². The molecule has 1 aliphatic rings. The Labute approximate surface area is 69.2 Å². The van der Waals surface area contributed by atoms with Crippen LogP contribution >= 0.6 is 12.6 Å². The average molecular weight is 159 g/mol. The molecule has 1 rings (SSSR count). The summed E-state index contributed by atoms with van der Waals surface area (Å²) in [5.41, 5.74) is 0. The minimum Gasteiger partial charge on any atom is -0.303 e. The van der Waals surface area contributed by atoms with Crippen molar-refractivity contribution in [2.75, 3.05) is 19.3 Å². The second kappa shape index (κ2) is 4.24. The summed E-state index contributed by atoms with van der Waals surface area (Å²) in [6, 6.07) is 0.868. The Hall–Kier alpha value is 0.310. The van der Waals surface area contributed by atoms with E-state index >= 15 is 0 Å². The Kier molecular flexibility index (Phi) is 3.57. The molecule has 1 unspecified atom stereocenters. The monoisotopic (exact) mass is 159 g/mol. The van der Waals surface area contributed by atoms with Crippen molar-refractivity contribution in [3.05, 3.63) is 0 Å². The number of hydrogen-bond donors (Lipinski definition) is 1. The zero-order valence-electron chi connectivity index (χ0n) is 6.71. The summed E-state index contributed by atoms with van der Waals surface area (Å²) >= 11 is 4.20. The van der Waals surface area contributed by atoms with Crippen molar-refractivity contribution >= 4 is 12.6 Å². The molecule has 0 spiro atoms. The van der Waals surface area contributed by atoms with Crippen LogP contribution in [0.2, 0.25) is 0 Å². The summed E-state index contributed by atoms with van der Waals surface area (Å²) in [4.78, 5) is 2.48. The summed E-state index contributed by atoms with van der Waals surface area (Å²) in [7, 11) is 2.23. The molecular formula is C8H17NS. The van der Waals surface area contributed by atoms with E-state index in [4.69, 9.17) is 0 Å². The highest BCUT2D eigenvalue weighted by Crippen LogP contribution is 2.18. The van der Waals surface area contributed by atoms with E-state index in [0.29, 0.717) is 0 Å². The maximum Gasteiger partial charge on any atom is 0.00929 e. The van der Waals surface area contributed by atoms with E-state index < -0.39 is 0 Å². The van der Waals surface area contributed by atoms with Crippen molar-refractivity contribution in [3.63, 3.8) is 0 Å². The number of rotatable bonds is 3. The molecule has 1 nitrogen and oxygen atoms in total. The van der Waals surface area contributed by atoms with Crippen molar-refractivity contribution < 1.29 is 0 Å². The van der Waals surface area contributed by atoms with E-state index in [2.05, 4.69) is 24.6 Å². The summed E-state index contributed by atoms with van der Waals surface area (Å²) in [6.07, 6.45) is 5.43. The quantitative estimate of drug-likeness (QED) is 0.614. The Balaban J connectivity index is 2.14. The molecule has 0 saturated carbocycles. The lowest BCUT2D eigenvalue weighted by atomic mass is 10.1. The average Bonchev–Trinajstić information content (AvgIpc) is 2.31. The normalized spacial score (nSPS) is 27.6. The molecule has 2 heteroatoms. The van der Waals surface area contributed by atoms with Crippen LogP contribution in [0.1, 0.15) is 25.7 Å². The van der Waals surface area contributed by atoms with Crippen molar-refractivity contribution in [1.82, 2.24) is 4.90 Å². The van der Waals surface area contributed by atoms with Gasteiger partial charge in [0.25, 0.3) is 0 Å². The smallest absolute Gasteiger partial charge is 0.00929 e. The Morgan fingerprint density at radius 1 is 1.60 bits per heavy atom. The molecular weight excluding hydrogens is 142 g/mol. The van der Waals surface area contributed by atoms with Crippen molar-refractivity contribution in [2.24, 2.45) is 0 Å². The molecule has 0 N–H and O–H groups in total. The van der Waals surface area contributed by atoms with Gasteiger partial charge in [0.1, 0.15) is 0 Å². The van der Waals surface area contributed by atoms with Crippen LogP contribution < -0.4 is 0 Å². The van der Waals surface area contributed by atoms with Crippen LogP contribution in [0.25, 0.3) is 0 Å². The predicted molar refractivity (Wildman–Crippen MR) is 48.7 cm³/mol. The topological polar surface area (TPSA) is 3.24 Å². The lowest BCUT2D eigenvalue weighted by molar-refractivity contribution is 0.295. The first-order valence-corrected chi connectivity index (χ1v) is 4.79. The lowest BCUT2D eigenvalue weighted by Gasteiger charge is -2.18. The molecule has 0 aliphatic carbocycles. The van der Waals surface area contributed by atoms with E-state index in [1.54, 1.807) is 0 Å². The zero-order valence-corrected chi connectivity index (χ0v) is 7.61. The first-order valence-electron chi connectivity index (χ1n) is 4.15. The molecule has 1 aliphatic heterocycles. The summed E-state index contributed by atoms with van der Waals surface area (Å²) in [5, 5.41) is 0. The molecule has 1 fully saturated rings. The standard InChI is InChI=1S/C8H17NS/c1-9-6-2-4-8(9)5-3-7-10/h8,10H,2-7H2,1H3. The number of nitrogens with zero attached hydrogens (tertiary/aromatic N) is 1. The number of thiol groups is 1. The molecule has 60 valence electrons. The van der Waals surface area contributed by atoms with Crippen molar-refractivity contribution in [2.45, 2.75) is 31.7 Å². The third-order valence-electron chi connectivity index (χ3n) is 2.37. The molecule has 0 aromatic heterocycles. The molecule has 0 aromatic carbocycles. The number of hydrogen-bond acceptors (Lipinski definition) is 2. The van der Waals surface area contributed by atoms with Gasteiger partial charge in [0.2, 0.25) is 0 Å². The van der Waals surface area contributed by atoms with Crippen LogP contribution in [0.5, 0.6) is 0 Å². The summed E-state index contributed by atoms with van der Waals surface area (Å²) < 4.78 is 0. The van der Waals surface area contributed by atoms with Gasteiger partial charge in [0, 0.05) is 6.04 Å². The van der Waals surface area contributed by atoms with Crippen molar-refractivity contribution in [3.8, 4) is 0 Å². The van der Waals surface area contributed by atoms with Crippen molar-refractivity contribution in [1.29, 1.82) is 0 Å². The fraction of sp³-hybridized carbons (Fsp3) is 1.00. The lowest BCUT2D eigenvalue weighted by Crippen LogP contribution is -2.24. The fourth-order valence-corrected chi connectivity index (χ4v) is 1.85. The largest absolute Gasteiger partial charge is 0.303 e. The van der Waals surface area contributed by atoms with Crippen LogP contribution in [0, 0.1) is 0 Å². The van der Waals surface area contributed by atoms with Gasteiger partial charge in [0.05, 0.1) is 0 Å². The maximum atomic E-state index is 4.20. The molecule has 0 amide bonds. The van der Waals surface area contributed by atoms with Crippen LogP contribution in [-0.4, -0.2) is 30.3 Å². The Morgan fingerprint density at radius 2 is 2.40 bits per heavy atom. The van der Waals surface area contributed by atoms with E-state index in [-0.39, 0.29) is 0 Å². The highest BCUT2D eigenvalue weighted by molar-refractivity contribution is 7.80. The van der Waals surface area contributed by atoms with Gasteiger partial charge in [-0.3, -0.25) is 0 Å². The second-order valence-corrected chi connectivity index (χ2v) is 3.59. The van der Waals surface area contributed by atoms with E-state index in [9.17, 15) is 0 Å². The second-order valence-electron chi connectivity index (χ2n) is 3.14. The van der Waals surface area contributed by atoms with Gasteiger partial charge in [0.15, 0.2) is 0 Å². The van der Waals surface area contributed by atoms with Crippen LogP contribution in [0.4, 0.5) is 0 Å². The van der Waals surface area contributed by atoms with Gasteiger partial charge < -0.3 is 4.90 Å². The highest BCUT2D eigenvalue weighted by Gasteiger charge is 2.19. The molecule has 1 atom stereocenters. The molecule has 10 heavy (non-hydrogen) atoms. The Morgan fingerprint density at radius 3 is 2.90 bits per heavy atom. The van der Waals surface area contributed by atoms with Gasteiger partial charge in [-0.25, -0.2) is 0 Å². The molecule has 1 heterocycles. The molecule has 1 saturated heterocycles. The van der Waals surface area contributed by atoms with Crippen LogP contribution in [-0.2, 0) is 0 Å². The molecule has 0 bridgehead atoms. The molecule has 0 aromatic rings. The SMILES string of the molecule is CN1CCCC1CCCS. The van der Waals surface area contributed by atoms with Crippen LogP contribution in [0.3, 0.4) is 0 Å². The fourth-order valence-electron chi connectivity index (χ4n) is 1.67. The third-order valence-corrected chi connectivity index (χ3v) is 2.68. The zero-order chi connectivity index (χ0) is 7.40. The Bertz CT molecular complexity index is 95.3. The van der Waals surface area contributed by atoms with E-state index in [1.165, 1.54) is 32.2 Å². The predicted octanol–water partition coefficient (Wildman–Crippen LogP) is 1.79. The summed E-state index contributed by atoms with van der Waals surface area (Å²) in [5.74, 6) is 1.05. The number of likely N-dealkylation sites (tertiary alicyclic amines) is 1. The van der Waals surface area contributed by atoms with Gasteiger partial charge in [-0.1, -0.05) is 0 Å². The first-order chi connectivity index (χ1) is 4.84. The van der Waals surface area contributed by atoms with E-state index in [0.717, 1.165) is 11.8 Å². The third kappa shape index (κ3) is 2.17. The first kappa shape index (κ1) is 8.41.